The first kappa shape index (κ1) is 16.9. The lowest BCUT2D eigenvalue weighted by Crippen LogP contribution is -2.41. The number of nitrogens with zero attached hydrogens (tertiary/aromatic N) is 2. The number of benzene rings is 1. The molecule has 24 heavy (non-hydrogen) atoms. The van der Waals surface area contributed by atoms with Crippen LogP contribution in [0.4, 0.5) is 0 Å². The summed E-state index contributed by atoms with van der Waals surface area (Å²) < 4.78 is 0. The lowest BCUT2D eigenvalue weighted by molar-refractivity contribution is -0.119. The van der Waals surface area contributed by atoms with Crippen LogP contribution < -0.4 is 5.32 Å². The van der Waals surface area contributed by atoms with E-state index in [1.165, 1.54) is 11.8 Å². The van der Waals surface area contributed by atoms with Crippen LogP contribution in [0.2, 0.25) is 0 Å². The average molecular weight is 358 g/mol. The highest BCUT2D eigenvalue weighted by Gasteiger charge is 2.16. The number of thiophene rings is 1. The van der Waals surface area contributed by atoms with Gasteiger partial charge in [-0.25, -0.2) is 9.97 Å². The monoisotopic (exact) mass is 357 g/mol. The van der Waals surface area contributed by atoms with Crippen molar-refractivity contribution in [1.82, 2.24) is 15.3 Å². The second kappa shape index (κ2) is 6.91. The molecule has 1 amide bonds. The predicted molar refractivity (Wildman–Crippen MR) is 101 cm³/mol. The van der Waals surface area contributed by atoms with Crippen LogP contribution in [0.1, 0.15) is 20.8 Å². The van der Waals surface area contributed by atoms with Crippen molar-refractivity contribution in [2.45, 2.75) is 31.3 Å². The van der Waals surface area contributed by atoms with Crippen LogP contribution in [0.3, 0.4) is 0 Å². The lowest BCUT2D eigenvalue weighted by atomic mass is 10.1. The number of amides is 1. The van der Waals surface area contributed by atoms with Gasteiger partial charge in [-0.2, -0.15) is 0 Å². The summed E-state index contributed by atoms with van der Waals surface area (Å²) in [6, 6.07) is 11.9. The van der Waals surface area contributed by atoms with Crippen LogP contribution in [0.25, 0.3) is 21.6 Å². The van der Waals surface area contributed by atoms with Gasteiger partial charge in [-0.1, -0.05) is 36.0 Å². The van der Waals surface area contributed by atoms with Crippen LogP contribution in [-0.2, 0) is 4.79 Å². The van der Waals surface area contributed by atoms with Crippen LogP contribution >= 0.6 is 23.1 Å². The summed E-state index contributed by atoms with van der Waals surface area (Å²) >= 11 is 3.06. The van der Waals surface area contributed by atoms with Crippen molar-refractivity contribution in [3.05, 3.63) is 41.8 Å². The summed E-state index contributed by atoms with van der Waals surface area (Å²) in [6.45, 7) is 5.93. The Labute approximate surface area is 149 Å². The summed E-state index contributed by atoms with van der Waals surface area (Å²) in [7, 11) is 0. The number of carbonyl (C=O) groups excluding carboxylic acids is 1. The van der Waals surface area contributed by atoms with E-state index in [0.717, 1.165) is 20.8 Å². The number of rotatable bonds is 4. The summed E-state index contributed by atoms with van der Waals surface area (Å²) in [6.07, 6.45) is 0. The summed E-state index contributed by atoms with van der Waals surface area (Å²) in [5.41, 5.74) is 0.669. The summed E-state index contributed by atoms with van der Waals surface area (Å²) in [5, 5.41) is 6.81. The van der Waals surface area contributed by atoms with E-state index < -0.39 is 0 Å². The maximum absolute atomic E-state index is 12.1. The molecule has 0 radical (unpaired) electrons. The van der Waals surface area contributed by atoms with E-state index in [2.05, 4.69) is 10.3 Å². The molecule has 3 rings (SSSR count). The fourth-order valence-corrected chi connectivity index (χ4v) is 3.74. The van der Waals surface area contributed by atoms with Gasteiger partial charge in [-0.3, -0.25) is 4.79 Å². The molecule has 6 heteroatoms. The highest BCUT2D eigenvalue weighted by atomic mass is 32.2. The second-order valence-corrected chi connectivity index (χ2v) is 8.35. The molecule has 0 saturated carbocycles. The normalized spacial score (nSPS) is 11.6. The molecule has 1 aromatic carbocycles. The van der Waals surface area contributed by atoms with Crippen molar-refractivity contribution in [2.75, 3.05) is 5.75 Å². The molecule has 0 spiro atoms. The fourth-order valence-electron chi connectivity index (χ4n) is 2.26. The summed E-state index contributed by atoms with van der Waals surface area (Å²) in [5.74, 6) is 1.05. The van der Waals surface area contributed by atoms with E-state index in [1.807, 2.05) is 62.5 Å². The van der Waals surface area contributed by atoms with Crippen molar-refractivity contribution < 1.29 is 4.79 Å². The second-order valence-electron chi connectivity index (χ2n) is 6.43. The topological polar surface area (TPSA) is 54.9 Å². The van der Waals surface area contributed by atoms with E-state index >= 15 is 0 Å². The molecule has 2 aromatic heterocycles. The molecule has 124 valence electrons. The van der Waals surface area contributed by atoms with Gasteiger partial charge in [0.05, 0.1) is 16.1 Å². The number of nitrogens with one attached hydrogen (secondary N) is 1. The Morgan fingerprint density at radius 1 is 1.17 bits per heavy atom. The van der Waals surface area contributed by atoms with Crippen molar-refractivity contribution in [3.8, 4) is 10.7 Å². The van der Waals surface area contributed by atoms with Crippen molar-refractivity contribution in [1.29, 1.82) is 0 Å². The number of fused-ring (bicyclic) bond motifs is 1. The molecule has 0 aliphatic heterocycles. The first-order valence-electron chi connectivity index (χ1n) is 7.67. The quantitative estimate of drug-likeness (QED) is 0.557. The number of aromatic nitrogens is 2. The highest BCUT2D eigenvalue weighted by molar-refractivity contribution is 8.00. The molecule has 0 saturated heterocycles. The van der Waals surface area contributed by atoms with Gasteiger partial charge in [-0.05, 0) is 38.3 Å². The minimum Gasteiger partial charge on any atom is -0.351 e. The van der Waals surface area contributed by atoms with Crippen molar-refractivity contribution in [2.24, 2.45) is 0 Å². The van der Waals surface area contributed by atoms with Gasteiger partial charge < -0.3 is 5.32 Å². The Morgan fingerprint density at radius 2 is 1.96 bits per heavy atom. The Kier molecular flexibility index (Phi) is 4.87. The predicted octanol–water partition coefficient (Wildman–Crippen LogP) is 4.37. The third-order valence-electron chi connectivity index (χ3n) is 3.16. The Hall–Kier alpha value is -1.92. The molecule has 0 unspecified atom stereocenters. The third-order valence-corrected chi connectivity index (χ3v) is 5.02. The number of hydrogen-bond donors (Lipinski definition) is 1. The van der Waals surface area contributed by atoms with Gasteiger partial charge in [-0.15, -0.1) is 11.3 Å². The minimum atomic E-state index is -0.229. The van der Waals surface area contributed by atoms with E-state index in [-0.39, 0.29) is 11.4 Å². The van der Waals surface area contributed by atoms with Gasteiger partial charge in [0.15, 0.2) is 5.82 Å². The molecule has 2 heterocycles. The zero-order chi connectivity index (χ0) is 17.2. The standard InChI is InChI=1S/C18H19N3OS2/c1-18(2,3)21-15(22)11-24-17-12-7-4-5-8-13(12)19-16(20-17)14-9-6-10-23-14/h4-10H,11H2,1-3H3,(H,21,22). The molecule has 4 nitrogen and oxygen atoms in total. The maximum atomic E-state index is 12.1. The van der Waals surface area contributed by atoms with Gasteiger partial charge in [0.2, 0.25) is 5.91 Å². The SMILES string of the molecule is CC(C)(C)NC(=O)CSc1nc(-c2cccs2)nc2ccccc12. The maximum Gasteiger partial charge on any atom is 0.230 e. The van der Waals surface area contributed by atoms with Crippen molar-refractivity contribution in [3.63, 3.8) is 0 Å². The van der Waals surface area contributed by atoms with Crippen LogP contribution in [-0.4, -0.2) is 27.2 Å². The molecule has 0 atom stereocenters. The Bertz CT molecular complexity index is 854. The number of para-hydroxylation sites is 1. The molecule has 0 aliphatic rings. The third kappa shape index (κ3) is 4.13. The minimum absolute atomic E-state index is 0.00728. The van der Waals surface area contributed by atoms with E-state index in [0.29, 0.717) is 11.6 Å². The molecule has 3 aromatic rings. The highest BCUT2D eigenvalue weighted by Crippen LogP contribution is 2.29. The van der Waals surface area contributed by atoms with Crippen LogP contribution in [0, 0.1) is 0 Å². The molecular weight excluding hydrogens is 338 g/mol. The lowest BCUT2D eigenvalue weighted by Gasteiger charge is -2.20. The first-order chi connectivity index (χ1) is 11.4. The Morgan fingerprint density at radius 3 is 2.67 bits per heavy atom. The van der Waals surface area contributed by atoms with Crippen molar-refractivity contribution >= 4 is 39.9 Å². The zero-order valence-corrected chi connectivity index (χ0v) is 15.5. The van der Waals surface area contributed by atoms with E-state index in [9.17, 15) is 4.79 Å². The smallest absolute Gasteiger partial charge is 0.230 e. The van der Waals surface area contributed by atoms with Crippen LogP contribution in [0.15, 0.2) is 46.8 Å². The van der Waals surface area contributed by atoms with Crippen LogP contribution in [0.5, 0.6) is 0 Å². The first-order valence-corrected chi connectivity index (χ1v) is 9.53. The number of thioether (sulfide) groups is 1. The van der Waals surface area contributed by atoms with Gasteiger partial charge in [0, 0.05) is 10.9 Å². The van der Waals surface area contributed by atoms with Gasteiger partial charge >= 0.3 is 0 Å². The average Bonchev–Trinajstić information content (AvgIpc) is 3.05. The fraction of sp³-hybridized carbons (Fsp3) is 0.278. The number of hydrogen-bond acceptors (Lipinski definition) is 5. The van der Waals surface area contributed by atoms with E-state index in [4.69, 9.17) is 4.98 Å². The van der Waals surface area contributed by atoms with Gasteiger partial charge in [0.25, 0.3) is 0 Å². The molecule has 0 bridgehead atoms. The molecular formula is C18H19N3OS2. The molecule has 0 fully saturated rings. The van der Waals surface area contributed by atoms with Gasteiger partial charge in [0.1, 0.15) is 5.03 Å². The Balaban J connectivity index is 1.90. The molecule has 1 N–H and O–H groups in total. The zero-order valence-electron chi connectivity index (χ0n) is 13.9. The van der Waals surface area contributed by atoms with E-state index in [1.54, 1.807) is 11.3 Å². The summed E-state index contributed by atoms with van der Waals surface area (Å²) in [4.78, 5) is 22.5. The number of carbonyl (C=O) groups is 1. The molecule has 0 aliphatic carbocycles. The largest absolute Gasteiger partial charge is 0.351 e.